The number of alkyl carbamates (subject to hydrolysis) is 1. The van der Waals surface area contributed by atoms with Crippen molar-refractivity contribution in [3.63, 3.8) is 0 Å². The Morgan fingerprint density at radius 1 is 0.500 bits per heavy atom. The van der Waals surface area contributed by atoms with Gasteiger partial charge in [-0.3, -0.25) is 4.79 Å². The van der Waals surface area contributed by atoms with E-state index in [2.05, 4.69) is 46.9 Å². The van der Waals surface area contributed by atoms with Gasteiger partial charge in [-0.05, 0) is 283 Å². The molecule has 14 fully saturated rings. The number of hydrogen-bond acceptors (Lipinski definition) is 10. The Balaban J connectivity index is 0.000000127. The van der Waals surface area contributed by atoms with Crippen molar-refractivity contribution in [1.29, 1.82) is 0 Å². The molecule has 2 aliphatic heterocycles. The molecule has 14 aliphatic rings. The molecule has 0 radical (unpaired) electrons. The molecule has 12 aliphatic carbocycles. The number of ether oxygens (including phenoxy) is 6. The van der Waals surface area contributed by atoms with Crippen molar-refractivity contribution >= 4 is 18.0 Å². The standard InChI is InChI=1S/C27H45NO4.C26H43NO4.C19H31NO/c1-24(2,3)32-23(29)28(6)19-9-12-25(4)18(17-19)7-8-20-21(25)10-13-26(5)22(20)11-14-27(26)30-15-16-31-27;1-23(2,3)31-22(28)27-18-8-11-24(4)17(16-18)6-7-19-20(24)9-12-25(5)21(19)10-13-26(25)29-14-15-30-26;1-18-9-7-13(20)11-12(18)3-4-14-15-5-6-17(21)19(15,2)10-8-16(14)18/h18-22H,7-17H2,1-6H3;17-21H,6-16H2,1-5H3,(H,27,28);12-16H,3-11,20H2,1-2H3/t18?,19-,20+,21?,22-,25-,26-;17?,18-,19+,20?,21-,24-,25-;12?,13-,14-,15-,16?,18-,19-/m000/s1. The minimum Gasteiger partial charge on any atom is -0.444 e. The first-order chi connectivity index (χ1) is 39.5. The summed E-state index contributed by atoms with van der Waals surface area (Å²) in [6, 6.07) is 1.01. The molecule has 12 saturated carbocycles. The number of nitrogens with two attached hydrogens (primary N) is 1. The molecule has 6 unspecified atom stereocenters. The summed E-state index contributed by atoms with van der Waals surface area (Å²) in [6.07, 6.45) is 32.5. The van der Waals surface area contributed by atoms with Gasteiger partial charge >= 0.3 is 12.2 Å². The maximum absolute atomic E-state index is 12.7. The molecule has 2 saturated heterocycles. The SMILES string of the molecule is CC(C)(C)OC(=O)N[C@H]1CC[C@@]2(C)C(CC[C@@H]3C2CC[C@@]2(C)[C@H]3CCC23OCCO3)C1.CN(C(=O)OC(C)(C)C)[C@H]1CC[C@@]2(C)C(CC[C@@H]3C2CC[C@@]2(C)[C@H]3CCC23OCCO3)C1.C[C@]12CC[C@H](N)CC1CC[C@@H]1C2CC[C@]2(C)C(=O)CC[C@@H]12. The van der Waals surface area contributed by atoms with Crippen LogP contribution in [0.25, 0.3) is 0 Å². The van der Waals surface area contributed by atoms with Crippen molar-refractivity contribution in [2.75, 3.05) is 33.5 Å². The summed E-state index contributed by atoms with van der Waals surface area (Å²) < 4.78 is 36.4. The quantitative estimate of drug-likeness (QED) is 0.274. The van der Waals surface area contributed by atoms with Gasteiger partial charge in [-0.1, -0.05) is 41.5 Å². The van der Waals surface area contributed by atoms with Crippen molar-refractivity contribution in [3.8, 4) is 0 Å². The molecule has 84 heavy (non-hydrogen) atoms. The van der Waals surface area contributed by atoms with Gasteiger partial charge in [-0.2, -0.15) is 0 Å². The molecule has 0 aromatic carbocycles. The lowest BCUT2D eigenvalue weighted by molar-refractivity contribution is -0.247. The topological polar surface area (TPSA) is 148 Å². The molecule has 2 amide bonds. The number of ketones is 1. The van der Waals surface area contributed by atoms with Crippen molar-refractivity contribution in [1.82, 2.24) is 10.2 Å². The van der Waals surface area contributed by atoms with Crippen molar-refractivity contribution in [3.05, 3.63) is 0 Å². The first kappa shape index (κ1) is 62.2. The predicted molar refractivity (Wildman–Crippen MR) is 328 cm³/mol. The van der Waals surface area contributed by atoms with Gasteiger partial charge in [0.1, 0.15) is 17.0 Å². The Hall–Kier alpha value is -1.99. The number of carbonyl (C=O) groups is 3. The average molecular weight is 1170 g/mol. The fraction of sp³-hybridized carbons (Fsp3) is 0.958. The van der Waals surface area contributed by atoms with Crippen LogP contribution in [0.15, 0.2) is 0 Å². The summed E-state index contributed by atoms with van der Waals surface area (Å²) in [6.45, 7) is 29.7. The molecule has 2 heterocycles. The zero-order chi connectivity index (χ0) is 59.8. The molecular weight excluding hydrogens is 1050 g/mol. The van der Waals surface area contributed by atoms with Gasteiger partial charge in [0.05, 0.1) is 26.4 Å². The molecular formula is C72H119N3O9. The van der Waals surface area contributed by atoms with Crippen molar-refractivity contribution in [2.24, 2.45) is 109 Å². The fourth-order valence-corrected chi connectivity index (χ4v) is 24.8. The number of nitrogens with one attached hydrogen (secondary N) is 1. The van der Waals surface area contributed by atoms with Crippen LogP contribution in [-0.2, 0) is 33.2 Å². The van der Waals surface area contributed by atoms with E-state index in [1.165, 1.54) is 122 Å². The van der Waals surface area contributed by atoms with Gasteiger partial charge < -0.3 is 44.4 Å². The highest BCUT2D eigenvalue weighted by molar-refractivity contribution is 5.87. The van der Waals surface area contributed by atoms with Crippen LogP contribution in [0.3, 0.4) is 0 Å². The molecule has 12 heteroatoms. The minimum atomic E-state index is -0.439. The number of fused-ring (bicyclic) bond motifs is 17. The maximum Gasteiger partial charge on any atom is 0.410 e. The number of hydrogen-bond donors (Lipinski definition) is 2. The van der Waals surface area contributed by atoms with E-state index in [9.17, 15) is 14.4 Å². The summed E-state index contributed by atoms with van der Waals surface area (Å²) in [4.78, 5) is 39.3. The van der Waals surface area contributed by atoms with Crippen LogP contribution in [0.1, 0.15) is 256 Å². The Morgan fingerprint density at radius 2 is 0.940 bits per heavy atom. The lowest BCUT2D eigenvalue weighted by Gasteiger charge is -2.62. The number of amides is 2. The zero-order valence-corrected chi connectivity index (χ0v) is 55.3. The van der Waals surface area contributed by atoms with Gasteiger partial charge in [0.2, 0.25) is 0 Å². The van der Waals surface area contributed by atoms with Gasteiger partial charge in [0.25, 0.3) is 0 Å². The van der Waals surface area contributed by atoms with Crippen LogP contribution in [0.2, 0.25) is 0 Å². The van der Waals surface area contributed by atoms with E-state index in [0.29, 0.717) is 51.9 Å². The summed E-state index contributed by atoms with van der Waals surface area (Å²) >= 11 is 0. The van der Waals surface area contributed by atoms with E-state index < -0.39 is 11.2 Å². The van der Waals surface area contributed by atoms with E-state index in [1.54, 1.807) is 0 Å². The van der Waals surface area contributed by atoms with E-state index in [-0.39, 0.29) is 46.0 Å². The van der Waals surface area contributed by atoms with Crippen LogP contribution in [0, 0.1) is 104 Å². The normalized spacial score (nSPS) is 48.4. The van der Waals surface area contributed by atoms with E-state index in [1.807, 2.05) is 53.5 Å². The minimum absolute atomic E-state index is 0.0371. The first-order valence-corrected chi connectivity index (χ1v) is 35.3. The third kappa shape index (κ3) is 10.3. The smallest absolute Gasteiger partial charge is 0.410 e. The van der Waals surface area contributed by atoms with Crippen molar-refractivity contribution in [2.45, 2.75) is 297 Å². The molecule has 12 nitrogen and oxygen atoms in total. The van der Waals surface area contributed by atoms with Crippen LogP contribution in [0.5, 0.6) is 0 Å². The number of rotatable bonds is 2. The fourth-order valence-electron chi connectivity index (χ4n) is 24.8. The van der Waals surface area contributed by atoms with Gasteiger partial charge in [0.15, 0.2) is 11.6 Å². The molecule has 2 spiro atoms. The average Bonchev–Trinajstić information content (AvgIpc) is 2.06. The van der Waals surface area contributed by atoms with Crippen LogP contribution in [-0.4, -0.2) is 97.2 Å². The zero-order valence-electron chi connectivity index (χ0n) is 55.3. The van der Waals surface area contributed by atoms with Crippen LogP contribution in [0.4, 0.5) is 9.59 Å². The molecule has 3 N–H and O–H groups in total. The van der Waals surface area contributed by atoms with Crippen LogP contribution < -0.4 is 11.1 Å². The molecule has 14 rings (SSSR count). The third-order valence-electron chi connectivity index (χ3n) is 29.3. The highest BCUT2D eigenvalue weighted by Crippen LogP contribution is 2.72. The highest BCUT2D eigenvalue weighted by atomic mass is 16.7. The Bertz CT molecular complexity index is 2430. The lowest BCUT2D eigenvalue weighted by Crippen LogP contribution is -2.58. The number of nitrogens with zero attached hydrogens (tertiary/aromatic N) is 1. The van der Waals surface area contributed by atoms with E-state index >= 15 is 0 Å². The second kappa shape index (κ2) is 22.2. The van der Waals surface area contributed by atoms with Gasteiger partial charge in [-0.25, -0.2) is 9.59 Å². The number of Topliss-reactive ketones (excluding diaryl/α,β-unsaturated/α-hetero) is 1. The molecule has 21 atom stereocenters. The third-order valence-corrected chi connectivity index (χ3v) is 29.3. The predicted octanol–water partition coefficient (Wildman–Crippen LogP) is 15.6. The van der Waals surface area contributed by atoms with Gasteiger partial charge in [-0.15, -0.1) is 0 Å². The highest BCUT2D eigenvalue weighted by Gasteiger charge is 2.70. The maximum atomic E-state index is 12.7. The Labute approximate surface area is 508 Å². The van der Waals surface area contributed by atoms with Gasteiger partial charge in [0, 0.05) is 60.7 Å². The van der Waals surface area contributed by atoms with E-state index in [0.717, 1.165) is 131 Å². The first-order valence-electron chi connectivity index (χ1n) is 35.3. The summed E-state index contributed by atoms with van der Waals surface area (Å²) in [5, 5.41) is 3.18. The Morgan fingerprint density at radius 3 is 1.45 bits per heavy atom. The Kier molecular flexibility index (Phi) is 16.4. The largest absolute Gasteiger partial charge is 0.444 e. The second-order valence-electron chi connectivity index (χ2n) is 34.9. The van der Waals surface area contributed by atoms with Crippen molar-refractivity contribution < 1.29 is 42.8 Å². The van der Waals surface area contributed by atoms with E-state index in [4.69, 9.17) is 34.2 Å². The molecule has 0 aromatic heterocycles. The summed E-state index contributed by atoms with van der Waals surface area (Å²) in [5.41, 5.74) is 7.11. The summed E-state index contributed by atoms with van der Waals surface area (Å²) in [7, 11) is 1.94. The summed E-state index contributed by atoms with van der Waals surface area (Å²) in [5.74, 6) is 9.34. The second-order valence-corrected chi connectivity index (χ2v) is 34.9. The molecule has 0 bridgehead atoms. The molecule has 476 valence electrons. The van der Waals surface area contributed by atoms with Crippen LogP contribution >= 0.6 is 0 Å². The monoisotopic (exact) mass is 1170 g/mol. The lowest BCUT2D eigenvalue weighted by atomic mass is 9.44. The number of carbonyl (C=O) groups excluding carboxylic acids is 3. The molecule has 0 aromatic rings.